The maximum atomic E-state index is 12.8. The minimum atomic E-state index is -0.465. The van der Waals surface area contributed by atoms with E-state index in [-0.39, 0.29) is 17.2 Å². The fourth-order valence-corrected chi connectivity index (χ4v) is 2.88. The number of benzene rings is 1. The van der Waals surface area contributed by atoms with E-state index in [1.807, 2.05) is 0 Å². The molecule has 2 heterocycles. The van der Waals surface area contributed by atoms with Crippen molar-refractivity contribution in [2.75, 3.05) is 39.2 Å². The van der Waals surface area contributed by atoms with Crippen molar-refractivity contribution in [3.8, 4) is 11.5 Å². The van der Waals surface area contributed by atoms with E-state index in [1.54, 1.807) is 24.3 Å². The van der Waals surface area contributed by atoms with Crippen LogP contribution in [0, 0.1) is 0 Å². The van der Waals surface area contributed by atoms with Crippen LogP contribution in [0.3, 0.4) is 0 Å². The first-order valence-corrected chi connectivity index (χ1v) is 8.90. The number of rotatable bonds is 7. The molecule has 3 rings (SSSR count). The second-order valence-corrected chi connectivity index (χ2v) is 6.18. The van der Waals surface area contributed by atoms with Crippen molar-refractivity contribution < 1.29 is 23.5 Å². The summed E-state index contributed by atoms with van der Waals surface area (Å²) in [4.78, 5) is 25.2. The molecule has 1 aliphatic heterocycles. The molecule has 0 radical (unpaired) electrons. The fraction of sp³-hybridized carbons (Fsp3) is 0.300. The van der Waals surface area contributed by atoms with Gasteiger partial charge in [0, 0.05) is 19.2 Å². The summed E-state index contributed by atoms with van der Waals surface area (Å²) in [6.45, 7) is 2.13. The zero-order valence-electron chi connectivity index (χ0n) is 15.8. The van der Waals surface area contributed by atoms with Gasteiger partial charge in [-0.25, -0.2) is 0 Å². The fourth-order valence-electron chi connectivity index (χ4n) is 2.88. The van der Waals surface area contributed by atoms with Crippen LogP contribution in [0.1, 0.15) is 27.3 Å². The Hall–Kier alpha value is -3.26. The number of furan rings is 1. The van der Waals surface area contributed by atoms with Crippen molar-refractivity contribution in [3.63, 3.8) is 0 Å². The van der Waals surface area contributed by atoms with Crippen LogP contribution in [0.25, 0.3) is 0 Å². The van der Waals surface area contributed by atoms with E-state index in [1.165, 1.54) is 20.5 Å². The van der Waals surface area contributed by atoms with E-state index < -0.39 is 5.91 Å². The summed E-state index contributed by atoms with van der Waals surface area (Å²) >= 11 is 0. The van der Waals surface area contributed by atoms with Crippen LogP contribution >= 0.6 is 0 Å². The smallest absolute Gasteiger partial charge is 0.291 e. The minimum Gasteiger partial charge on any atom is -0.493 e. The van der Waals surface area contributed by atoms with E-state index in [0.29, 0.717) is 23.7 Å². The van der Waals surface area contributed by atoms with Gasteiger partial charge in [-0.15, -0.1) is 0 Å². The molecular weight excluding hydrogens is 362 g/mol. The van der Waals surface area contributed by atoms with Crippen molar-refractivity contribution in [1.82, 2.24) is 10.6 Å². The lowest BCUT2D eigenvalue weighted by Crippen LogP contribution is -2.30. The lowest BCUT2D eigenvalue weighted by atomic mass is 10.1. The van der Waals surface area contributed by atoms with E-state index in [4.69, 9.17) is 13.9 Å². The third-order valence-electron chi connectivity index (χ3n) is 4.40. The van der Waals surface area contributed by atoms with Crippen molar-refractivity contribution in [2.45, 2.75) is 6.42 Å². The predicted octanol–water partition coefficient (Wildman–Crippen LogP) is 2.20. The normalized spacial score (nSPS) is 13.4. The summed E-state index contributed by atoms with van der Waals surface area (Å²) in [5, 5.41) is 8.83. The molecule has 0 atom stereocenters. The van der Waals surface area contributed by atoms with Gasteiger partial charge in [0.1, 0.15) is 0 Å². The summed E-state index contributed by atoms with van der Waals surface area (Å²) in [6.07, 6.45) is 4.36. The zero-order chi connectivity index (χ0) is 19.9. The van der Waals surface area contributed by atoms with Gasteiger partial charge in [0.05, 0.1) is 31.7 Å². The molecule has 28 heavy (non-hydrogen) atoms. The first-order chi connectivity index (χ1) is 13.6. The summed E-state index contributed by atoms with van der Waals surface area (Å²) < 4.78 is 15.7. The molecular formula is C20H23N3O5. The topological polar surface area (TPSA) is 102 Å². The van der Waals surface area contributed by atoms with Crippen LogP contribution in [0.4, 0.5) is 5.69 Å². The molecule has 8 heteroatoms. The Balaban J connectivity index is 1.84. The highest BCUT2D eigenvalue weighted by molar-refractivity contribution is 6.08. The third kappa shape index (κ3) is 4.52. The zero-order valence-corrected chi connectivity index (χ0v) is 15.8. The van der Waals surface area contributed by atoms with Crippen molar-refractivity contribution in [1.29, 1.82) is 0 Å². The van der Waals surface area contributed by atoms with Gasteiger partial charge in [-0.1, -0.05) is 11.6 Å². The van der Waals surface area contributed by atoms with Gasteiger partial charge in [-0.05, 0) is 31.2 Å². The Kier molecular flexibility index (Phi) is 6.33. The van der Waals surface area contributed by atoms with E-state index in [2.05, 4.69) is 22.0 Å². The average molecular weight is 385 g/mol. The predicted molar refractivity (Wildman–Crippen MR) is 104 cm³/mol. The Morgan fingerprint density at radius 2 is 1.96 bits per heavy atom. The second kappa shape index (κ2) is 9.09. The number of hydrogen-bond acceptors (Lipinski definition) is 6. The lowest BCUT2D eigenvalue weighted by Gasteiger charge is -2.17. The number of carbonyl (C=O) groups is 2. The van der Waals surface area contributed by atoms with Gasteiger partial charge in [-0.3, -0.25) is 9.59 Å². The molecule has 2 aromatic rings. The molecule has 0 unspecified atom stereocenters. The number of carbonyl (C=O) groups excluding carboxylic acids is 2. The Labute approximate surface area is 162 Å². The first-order valence-electron chi connectivity index (χ1n) is 8.90. The minimum absolute atomic E-state index is 0.140. The standard InChI is InChI=1S/C20H23N3O5/c1-26-17-10-14(19(24)22-12-13-5-7-21-8-6-13)15(11-18(17)27-2)23-20(25)16-4-3-9-28-16/h3-5,9-11,21H,6-8,12H2,1-2H3,(H,22,24)(H,23,25). The molecule has 2 amide bonds. The van der Waals surface area contributed by atoms with Crippen LogP contribution in [-0.4, -0.2) is 45.7 Å². The molecule has 1 aliphatic rings. The number of methoxy groups -OCH3 is 2. The van der Waals surface area contributed by atoms with E-state index >= 15 is 0 Å². The molecule has 148 valence electrons. The molecule has 0 bridgehead atoms. The van der Waals surface area contributed by atoms with Crippen LogP contribution in [0.2, 0.25) is 0 Å². The van der Waals surface area contributed by atoms with Gasteiger partial charge in [0.2, 0.25) is 0 Å². The van der Waals surface area contributed by atoms with Crippen molar-refractivity contribution in [2.24, 2.45) is 0 Å². The quantitative estimate of drug-likeness (QED) is 0.632. The first kappa shape index (κ1) is 19.5. The molecule has 1 aromatic heterocycles. The average Bonchev–Trinajstić information content (AvgIpc) is 3.27. The van der Waals surface area contributed by atoms with Gasteiger partial charge in [-0.2, -0.15) is 0 Å². The molecule has 0 saturated heterocycles. The second-order valence-electron chi connectivity index (χ2n) is 6.18. The van der Waals surface area contributed by atoms with Gasteiger partial charge in [0.15, 0.2) is 17.3 Å². The molecule has 0 spiro atoms. The van der Waals surface area contributed by atoms with Crippen LogP contribution in [0.5, 0.6) is 11.5 Å². The number of amides is 2. The number of nitrogens with one attached hydrogen (secondary N) is 3. The number of anilines is 1. The largest absolute Gasteiger partial charge is 0.493 e. The number of ether oxygens (including phenoxy) is 2. The Morgan fingerprint density at radius 3 is 2.61 bits per heavy atom. The number of hydrogen-bond donors (Lipinski definition) is 3. The molecule has 8 nitrogen and oxygen atoms in total. The van der Waals surface area contributed by atoms with Crippen molar-refractivity contribution >= 4 is 17.5 Å². The highest BCUT2D eigenvalue weighted by Gasteiger charge is 2.20. The highest BCUT2D eigenvalue weighted by Crippen LogP contribution is 2.33. The Bertz CT molecular complexity index is 874. The van der Waals surface area contributed by atoms with Gasteiger partial charge in [0.25, 0.3) is 11.8 Å². The molecule has 1 aromatic carbocycles. The van der Waals surface area contributed by atoms with Crippen LogP contribution < -0.4 is 25.4 Å². The molecule has 3 N–H and O–H groups in total. The van der Waals surface area contributed by atoms with Gasteiger partial charge >= 0.3 is 0 Å². The summed E-state index contributed by atoms with van der Waals surface area (Å²) in [6, 6.07) is 6.25. The molecule has 0 aliphatic carbocycles. The van der Waals surface area contributed by atoms with E-state index in [9.17, 15) is 9.59 Å². The summed E-state index contributed by atoms with van der Waals surface area (Å²) in [5.41, 5.74) is 1.73. The maximum absolute atomic E-state index is 12.8. The lowest BCUT2D eigenvalue weighted by molar-refractivity contribution is 0.0957. The van der Waals surface area contributed by atoms with E-state index in [0.717, 1.165) is 25.1 Å². The van der Waals surface area contributed by atoms with Gasteiger partial charge < -0.3 is 29.8 Å². The Morgan fingerprint density at radius 1 is 1.18 bits per heavy atom. The summed E-state index contributed by atoms with van der Waals surface area (Å²) in [7, 11) is 2.97. The van der Waals surface area contributed by atoms with Crippen LogP contribution in [-0.2, 0) is 0 Å². The van der Waals surface area contributed by atoms with Crippen LogP contribution in [0.15, 0.2) is 46.6 Å². The SMILES string of the molecule is COc1cc(NC(=O)c2ccco2)c(C(=O)NCC2=CCNCC2)cc1OC. The monoisotopic (exact) mass is 385 g/mol. The highest BCUT2D eigenvalue weighted by atomic mass is 16.5. The summed E-state index contributed by atoms with van der Waals surface area (Å²) in [5.74, 6) is 0.142. The molecule has 0 saturated carbocycles. The maximum Gasteiger partial charge on any atom is 0.291 e. The molecule has 0 fully saturated rings. The van der Waals surface area contributed by atoms with Crippen molar-refractivity contribution in [3.05, 3.63) is 53.5 Å². The third-order valence-corrected chi connectivity index (χ3v) is 4.40.